The van der Waals surface area contributed by atoms with Crippen LogP contribution in [-0.2, 0) is 10.0 Å². The molecule has 188 valence electrons. The van der Waals surface area contributed by atoms with Gasteiger partial charge in [0.2, 0.25) is 10.0 Å². The molecule has 1 aromatic carbocycles. The van der Waals surface area contributed by atoms with E-state index in [2.05, 4.69) is 5.10 Å². The first-order valence-electron chi connectivity index (χ1n) is 12.3. The van der Waals surface area contributed by atoms with Gasteiger partial charge in [-0.2, -0.15) is 5.10 Å². The molecule has 0 radical (unpaired) electrons. The second kappa shape index (κ2) is 9.28. The van der Waals surface area contributed by atoms with Crippen LogP contribution in [0, 0.1) is 23.7 Å². The Bertz CT molecular complexity index is 1210. The van der Waals surface area contributed by atoms with Crippen molar-refractivity contribution in [3.8, 4) is 5.69 Å². The minimum Gasteiger partial charge on any atom is -0.478 e. The van der Waals surface area contributed by atoms with Crippen molar-refractivity contribution in [3.63, 3.8) is 0 Å². The normalized spacial score (nSPS) is 27.2. The third-order valence-electron chi connectivity index (χ3n) is 7.76. The highest BCUT2D eigenvalue weighted by Gasteiger charge is 2.53. The molecule has 4 fully saturated rings. The molecular formula is C25H31N3O5S2. The predicted octanol–water partition coefficient (Wildman–Crippen LogP) is 4.30. The molecule has 0 unspecified atom stereocenters. The minimum absolute atomic E-state index is 0.158. The molecule has 35 heavy (non-hydrogen) atoms. The lowest BCUT2D eigenvalue weighted by Gasteiger charge is -2.56. The molecule has 1 aromatic heterocycles. The number of sulfonamides is 1. The first-order valence-corrected chi connectivity index (χ1v) is 15.1. The molecule has 10 heteroatoms. The molecule has 0 aliphatic heterocycles. The summed E-state index contributed by atoms with van der Waals surface area (Å²) < 4.78 is 29.0. The second-order valence-electron chi connectivity index (χ2n) is 10.3. The third-order valence-corrected chi connectivity index (χ3v) is 10.2. The highest BCUT2D eigenvalue weighted by atomic mass is 32.2. The summed E-state index contributed by atoms with van der Waals surface area (Å²) in [5.41, 5.74) is 1.06. The number of carbonyl (C=O) groups excluding carboxylic acids is 1. The van der Waals surface area contributed by atoms with Gasteiger partial charge in [-0.25, -0.2) is 22.2 Å². The number of carbonyl (C=O) groups is 2. The zero-order valence-corrected chi connectivity index (χ0v) is 21.6. The Hall–Kier alpha value is -2.33. The summed E-state index contributed by atoms with van der Waals surface area (Å²) in [6, 6.07) is 5.99. The van der Waals surface area contributed by atoms with E-state index in [9.17, 15) is 23.1 Å². The number of carboxylic acid groups (broad SMARTS) is 1. The monoisotopic (exact) mass is 517 g/mol. The molecule has 1 N–H and O–H groups in total. The van der Waals surface area contributed by atoms with Gasteiger partial charge in [0.15, 0.2) is 0 Å². The SMILES string of the molecule is CCCSc1c(C(=O)N(C2C3CC4CC(C3)CC2C4)S(C)(=O)=O)cnn1-c1ccc(C(=O)O)cc1. The highest BCUT2D eigenvalue weighted by Crippen LogP contribution is 2.55. The number of thioether (sulfide) groups is 1. The molecule has 4 saturated carbocycles. The first-order chi connectivity index (χ1) is 16.7. The van der Waals surface area contributed by atoms with E-state index in [4.69, 9.17) is 0 Å². The fourth-order valence-electron chi connectivity index (χ4n) is 6.66. The van der Waals surface area contributed by atoms with Gasteiger partial charge < -0.3 is 5.11 Å². The van der Waals surface area contributed by atoms with Crippen molar-refractivity contribution in [2.45, 2.75) is 56.5 Å². The largest absolute Gasteiger partial charge is 0.478 e. The van der Waals surface area contributed by atoms with Crippen LogP contribution in [0.1, 0.15) is 66.2 Å². The van der Waals surface area contributed by atoms with E-state index in [0.717, 1.165) is 44.1 Å². The molecule has 4 bridgehead atoms. The lowest BCUT2D eigenvalue weighted by molar-refractivity contribution is -0.0351. The summed E-state index contributed by atoms with van der Waals surface area (Å²) in [5.74, 6) is 1.00. The average molecular weight is 518 g/mol. The number of nitrogens with zero attached hydrogens (tertiary/aromatic N) is 3. The van der Waals surface area contributed by atoms with Gasteiger partial charge in [0, 0.05) is 0 Å². The topological polar surface area (TPSA) is 110 Å². The van der Waals surface area contributed by atoms with Crippen LogP contribution in [-0.4, -0.2) is 57.5 Å². The fraction of sp³-hybridized carbons (Fsp3) is 0.560. The van der Waals surface area contributed by atoms with Crippen molar-refractivity contribution < 1.29 is 23.1 Å². The van der Waals surface area contributed by atoms with Crippen molar-refractivity contribution in [1.82, 2.24) is 14.1 Å². The number of carboxylic acids is 1. The minimum atomic E-state index is -3.79. The van der Waals surface area contributed by atoms with Gasteiger partial charge >= 0.3 is 5.97 Å². The summed E-state index contributed by atoms with van der Waals surface area (Å²) in [5, 5.41) is 14.2. The average Bonchev–Trinajstić information content (AvgIpc) is 3.22. The summed E-state index contributed by atoms with van der Waals surface area (Å²) in [7, 11) is -3.79. The number of aromatic nitrogens is 2. The van der Waals surface area contributed by atoms with Gasteiger partial charge in [0.1, 0.15) is 5.03 Å². The Morgan fingerprint density at radius 1 is 1.09 bits per heavy atom. The van der Waals surface area contributed by atoms with Gasteiger partial charge in [0.25, 0.3) is 5.91 Å². The maximum atomic E-state index is 14.0. The zero-order valence-electron chi connectivity index (χ0n) is 20.0. The molecule has 0 atom stereocenters. The number of rotatable bonds is 8. The molecular weight excluding hydrogens is 486 g/mol. The number of benzene rings is 1. The molecule has 8 nitrogen and oxygen atoms in total. The quantitative estimate of drug-likeness (QED) is 0.520. The van der Waals surface area contributed by atoms with Crippen molar-refractivity contribution in [1.29, 1.82) is 0 Å². The summed E-state index contributed by atoms with van der Waals surface area (Å²) in [6.45, 7) is 2.04. The molecule has 4 aliphatic rings. The molecule has 0 saturated heterocycles. The molecule has 4 aliphatic carbocycles. The van der Waals surface area contributed by atoms with Gasteiger partial charge in [-0.05, 0) is 92.2 Å². The van der Waals surface area contributed by atoms with Gasteiger partial charge in [-0.1, -0.05) is 6.92 Å². The molecule has 0 spiro atoms. The first kappa shape index (κ1) is 24.4. The summed E-state index contributed by atoms with van der Waals surface area (Å²) in [6.07, 6.45) is 8.73. The fourth-order valence-corrected chi connectivity index (χ4v) is 8.81. The highest BCUT2D eigenvalue weighted by molar-refractivity contribution is 7.99. The Labute approximate surface area is 210 Å². The van der Waals surface area contributed by atoms with Crippen molar-refractivity contribution >= 4 is 33.7 Å². The summed E-state index contributed by atoms with van der Waals surface area (Å²) >= 11 is 1.46. The molecule has 2 aromatic rings. The number of amides is 1. The lowest BCUT2D eigenvalue weighted by atomic mass is 9.54. The predicted molar refractivity (Wildman–Crippen MR) is 133 cm³/mol. The Morgan fingerprint density at radius 2 is 1.69 bits per heavy atom. The van der Waals surface area contributed by atoms with Crippen LogP contribution in [0.15, 0.2) is 35.5 Å². The Kier molecular flexibility index (Phi) is 6.46. The van der Waals surface area contributed by atoms with Gasteiger partial charge in [-0.3, -0.25) is 4.79 Å². The van der Waals surface area contributed by atoms with Gasteiger partial charge in [0.05, 0.1) is 35.3 Å². The lowest BCUT2D eigenvalue weighted by Crippen LogP contribution is -2.58. The van der Waals surface area contributed by atoms with E-state index in [1.54, 1.807) is 16.8 Å². The van der Waals surface area contributed by atoms with Crippen molar-refractivity contribution in [2.75, 3.05) is 12.0 Å². The van der Waals surface area contributed by atoms with E-state index < -0.39 is 21.9 Å². The standard InChI is InChI=1S/C25H31N3O5S2/c1-3-8-34-24-21(14-26-27(24)20-6-4-17(5-7-20)25(30)31)23(29)28(35(2,32)33)22-18-10-15-9-16(12-18)13-19(22)11-15/h4-7,14-16,18-19,22H,3,8-13H2,1-2H3,(H,30,31). The third kappa shape index (κ3) is 4.50. The van der Waals surface area contributed by atoms with Crippen LogP contribution >= 0.6 is 11.8 Å². The number of aromatic carboxylic acids is 1. The summed E-state index contributed by atoms with van der Waals surface area (Å²) in [4.78, 5) is 25.2. The van der Waals surface area contributed by atoms with Crippen LogP contribution in [0.3, 0.4) is 0 Å². The molecule has 1 heterocycles. The van der Waals surface area contributed by atoms with E-state index in [1.165, 1.54) is 40.8 Å². The Balaban J connectivity index is 1.53. The van der Waals surface area contributed by atoms with E-state index >= 15 is 0 Å². The van der Waals surface area contributed by atoms with Crippen LogP contribution in [0.2, 0.25) is 0 Å². The number of hydrogen-bond acceptors (Lipinski definition) is 6. The molecule has 1 amide bonds. The second-order valence-corrected chi connectivity index (χ2v) is 13.2. The number of hydrogen-bond donors (Lipinski definition) is 1. The van der Waals surface area contributed by atoms with E-state index in [1.807, 2.05) is 6.92 Å². The maximum absolute atomic E-state index is 14.0. The van der Waals surface area contributed by atoms with Crippen LogP contribution in [0.5, 0.6) is 0 Å². The van der Waals surface area contributed by atoms with Crippen LogP contribution in [0.25, 0.3) is 5.69 Å². The van der Waals surface area contributed by atoms with Gasteiger partial charge in [-0.15, -0.1) is 11.8 Å². The van der Waals surface area contributed by atoms with E-state index in [-0.39, 0.29) is 29.0 Å². The van der Waals surface area contributed by atoms with Crippen LogP contribution in [0.4, 0.5) is 0 Å². The van der Waals surface area contributed by atoms with Crippen molar-refractivity contribution in [3.05, 3.63) is 41.6 Å². The van der Waals surface area contributed by atoms with E-state index in [0.29, 0.717) is 22.5 Å². The maximum Gasteiger partial charge on any atom is 0.335 e. The molecule has 6 rings (SSSR count). The Morgan fingerprint density at radius 3 is 2.20 bits per heavy atom. The smallest absolute Gasteiger partial charge is 0.335 e. The van der Waals surface area contributed by atoms with Crippen molar-refractivity contribution in [2.24, 2.45) is 23.7 Å². The zero-order chi connectivity index (χ0) is 24.9. The van der Waals surface area contributed by atoms with Crippen LogP contribution < -0.4 is 0 Å².